The standard InChI is InChI=1S/C10H11FN2O/c11-8-3-1-2-7(4-8)10-5-9(6-12)13-14-10/h1-4,10H,5-6,12H2. The van der Waals surface area contributed by atoms with E-state index in [2.05, 4.69) is 5.16 Å². The van der Waals surface area contributed by atoms with Gasteiger partial charge < -0.3 is 10.6 Å². The Bertz CT molecular complexity index is 365. The maximum absolute atomic E-state index is 12.9. The molecule has 2 N–H and O–H groups in total. The lowest BCUT2D eigenvalue weighted by Gasteiger charge is -2.07. The third-order valence-electron chi connectivity index (χ3n) is 2.19. The lowest BCUT2D eigenvalue weighted by atomic mass is 10.0. The third kappa shape index (κ3) is 1.75. The first kappa shape index (κ1) is 9.15. The molecule has 0 spiro atoms. The molecule has 2 rings (SSSR count). The Morgan fingerprint density at radius 2 is 2.43 bits per heavy atom. The van der Waals surface area contributed by atoms with Crippen molar-refractivity contribution >= 4 is 5.71 Å². The van der Waals surface area contributed by atoms with Crippen LogP contribution in [0.25, 0.3) is 0 Å². The van der Waals surface area contributed by atoms with Crippen LogP contribution in [0.15, 0.2) is 29.4 Å². The molecule has 0 bridgehead atoms. The van der Waals surface area contributed by atoms with Gasteiger partial charge in [0.25, 0.3) is 0 Å². The van der Waals surface area contributed by atoms with Gasteiger partial charge in [-0.2, -0.15) is 0 Å². The van der Waals surface area contributed by atoms with Crippen LogP contribution in [0.5, 0.6) is 0 Å². The zero-order chi connectivity index (χ0) is 9.97. The van der Waals surface area contributed by atoms with Crippen LogP contribution < -0.4 is 5.73 Å². The highest BCUT2D eigenvalue weighted by Crippen LogP contribution is 2.26. The summed E-state index contributed by atoms with van der Waals surface area (Å²) < 4.78 is 12.9. The highest BCUT2D eigenvalue weighted by Gasteiger charge is 2.21. The number of benzene rings is 1. The number of nitrogens with zero attached hydrogens (tertiary/aromatic N) is 1. The van der Waals surface area contributed by atoms with Gasteiger partial charge in [0.15, 0.2) is 6.10 Å². The van der Waals surface area contributed by atoms with Gasteiger partial charge in [-0.05, 0) is 17.7 Å². The molecule has 0 fully saturated rings. The molecule has 0 aliphatic carbocycles. The first-order valence-electron chi connectivity index (χ1n) is 4.46. The van der Waals surface area contributed by atoms with Gasteiger partial charge in [0.05, 0.1) is 5.71 Å². The Balaban J connectivity index is 2.12. The zero-order valence-electron chi connectivity index (χ0n) is 7.61. The minimum atomic E-state index is -0.257. The minimum Gasteiger partial charge on any atom is -0.387 e. The van der Waals surface area contributed by atoms with E-state index in [9.17, 15) is 4.39 Å². The fourth-order valence-corrected chi connectivity index (χ4v) is 1.43. The molecule has 0 saturated heterocycles. The van der Waals surface area contributed by atoms with E-state index in [0.717, 1.165) is 11.3 Å². The van der Waals surface area contributed by atoms with E-state index < -0.39 is 0 Å². The number of oxime groups is 1. The first-order chi connectivity index (χ1) is 6.79. The fraction of sp³-hybridized carbons (Fsp3) is 0.300. The van der Waals surface area contributed by atoms with Crippen LogP contribution in [0.1, 0.15) is 18.1 Å². The van der Waals surface area contributed by atoms with Gasteiger partial charge in [0.1, 0.15) is 5.82 Å². The van der Waals surface area contributed by atoms with E-state index in [1.54, 1.807) is 6.07 Å². The average molecular weight is 194 g/mol. The van der Waals surface area contributed by atoms with Crippen LogP contribution in [0.4, 0.5) is 4.39 Å². The summed E-state index contributed by atoms with van der Waals surface area (Å²) in [6, 6.07) is 6.35. The second-order valence-electron chi connectivity index (χ2n) is 3.21. The van der Waals surface area contributed by atoms with Gasteiger partial charge in [0, 0.05) is 13.0 Å². The molecular formula is C10H11FN2O. The van der Waals surface area contributed by atoms with Gasteiger partial charge in [-0.1, -0.05) is 17.3 Å². The Hall–Kier alpha value is -1.42. The molecule has 74 valence electrons. The van der Waals surface area contributed by atoms with Crippen LogP contribution >= 0.6 is 0 Å². The molecule has 1 unspecified atom stereocenters. The molecular weight excluding hydrogens is 183 g/mol. The van der Waals surface area contributed by atoms with Crippen molar-refractivity contribution in [2.24, 2.45) is 10.9 Å². The van der Waals surface area contributed by atoms with Gasteiger partial charge in [0.2, 0.25) is 0 Å². The van der Waals surface area contributed by atoms with Crippen molar-refractivity contribution < 1.29 is 9.23 Å². The monoisotopic (exact) mass is 194 g/mol. The van der Waals surface area contributed by atoms with Crippen LogP contribution in [-0.2, 0) is 4.84 Å². The SMILES string of the molecule is NCC1=NOC(c2cccc(F)c2)C1. The van der Waals surface area contributed by atoms with Gasteiger partial charge in [-0.25, -0.2) is 4.39 Å². The molecule has 0 saturated carbocycles. The predicted octanol–water partition coefficient (Wildman–Crippen LogP) is 1.60. The first-order valence-corrected chi connectivity index (χ1v) is 4.46. The van der Waals surface area contributed by atoms with E-state index in [0.29, 0.717) is 13.0 Å². The second kappa shape index (κ2) is 3.75. The summed E-state index contributed by atoms with van der Waals surface area (Å²) in [5.74, 6) is -0.257. The molecule has 1 aromatic rings. The molecule has 1 heterocycles. The molecule has 0 aromatic heterocycles. The van der Waals surface area contributed by atoms with Crippen molar-refractivity contribution in [1.82, 2.24) is 0 Å². The Kier molecular flexibility index (Phi) is 2.45. The topological polar surface area (TPSA) is 47.6 Å². The highest BCUT2D eigenvalue weighted by molar-refractivity contribution is 5.87. The smallest absolute Gasteiger partial charge is 0.158 e. The summed E-state index contributed by atoms with van der Waals surface area (Å²) in [6.45, 7) is 0.395. The molecule has 3 nitrogen and oxygen atoms in total. The minimum absolute atomic E-state index is 0.177. The van der Waals surface area contributed by atoms with Gasteiger partial charge in [-0.3, -0.25) is 0 Å². The van der Waals surface area contributed by atoms with Crippen LogP contribution in [0, 0.1) is 5.82 Å². The fourth-order valence-electron chi connectivity index (χ4n) is 1.43. The number of hydrogen-bond donors (Lipinski definition) is 1. The molecule has 1 aromatic carbocycles. The normalized spacial score (nSPS) is 20.4. The summed E-state index contributed by atoms with van der Waals surface area (Å²) in [5.41, 5.74) is 7.04. The molecule has 4 heteroatoms. The number of halogens is 1. The van der Waals surface area contributed by atoms with Crippen molar-refractivity contribution in [2.75, 3.05) is 6.54 Å². The number of nitrogens with two attached hydrogens (primary N) is 1. The molecule has 1 aliphatic rings. The maximum Gasteiger partial charge on any atom is 0.158 e. The van der Waals surface area contributed by atoms with Crippen molar-refractivity contribution in [2.45, 2.75) is 12.5 Å². The summed E-state index contributed by atoms with van der Waals surface area (Å²) >= 11 is 0. The highest BCUT2D eigenvalue weighted by atomic mass is 19.1. The lowest BCUT2D eigenvalue weighted by molar-refractivity contribution is 0.0855. The summed E-state index contributed by atoms with van der Waals surface area (Å²) in [5, 5.41) is 3.81. The van der Waals surface area contributed by atoms with E-state index in [1.165, 1.54) is 12.1 Å². The summed E-state index contributed by atoms with van der Waals surface area (Å²) in [7, 11) is 0. The number of hydrogen-bond acceptors (Lipinski definition) is 3. The molecule has 14 heavy (non-hydrogen) atoms. The maximum atomic E-state index is 12.9. The van der Waals surface area contributed by atoms with Crippen molar-refractivity contribution in [3.8, 4) is 0 Å². The van der Waals surface area contributed by atoms with Crippen LogP contribution in [0.2, 0.25) is 0 Å². The lowest BCUT2D eigenvalue weighted by Crippen LogP contribution is -2.12. The second-order valence-corrected chi connectivity index (χ2v) is 3.21. The van der Waals surface area contributed by atoms with E-state index in [-0.39, 0.29) is 11.9 Å². The molecule has 0 radical (unpaired) electrons. The van der Waals surface area contributed by atoms with Crippen molar-refractivity contribution in [3.05, 3.63) is 35.6 Å². The van der Waals surface area contributed by atoms with Crippen LogP contribution in [-0.4, -0.2) is 12.3 Å². The largest absolute Gasteiger partial charge is 0.387 e. The van der Waals surface area contributed by atoms with E-state index >= 15 is 0 Å². The molecule has 1 atom stereocenters. The Morgan fingerprint density at radius 1 is 1.57 bits per heavy atom. The zero-order valence-corrected chi connectivity index (χ0v) is 7.61. The third-order valence-corrected chi connectivity index (χ3v) is 2.19. The quantitative estimate of drug-likeness (QED) is 0.777. The Labute approximate surface area is 81.4 Å². The number of rotatable bonds is 2. The predicted molar refractivity (Wildman–Crippen MR) is 51.3 cm³/mol. The van der Waals surface area contributed by atoms with Gasteiger partial charge >= 0.3 is 0 Å². The Morgan fingerprint density at radius 3 is 3.07 bits per heavy atom. The van der Waals surface area contributed by atoms with Crippen LogP contribution in [0.3, 0.4) is 0 Å². The van der Waals surface area contributed by atoms with Crippen molar-refractivity contribution in [3.63, 3.8) is 0 Å². The summed E-state index contributed by atoms with van der Waals surface area (Å²) in [6.07, 6.45) is 0.476. The van der Waals surface area contributed by atoms with Crippen molar-refractivity contribution in [1.29, 1.82) is 0 Å². The van der Waals surface area contributed by atoms with Gasteiger partial charge in [-0.15, -0.1) is 0 Å². The van der Waals surface area contributed by atoms with E-state index in [1.807, 2.05) is 6.07 Å². The molecule has 0 amide bonds. The van der Waals surface area contributed by atoms with E-state index in [4.69, 9.17) is 10.6 Å². The summed E-state index contributed by atoms with van der Waals surface area (Å²) in [4.78, 5) is 5.14. The average Bonchev–Trinajstić information content (AvgIpc) is 2.66. The molecule has 1 aliphatic heterocycles.